The van der Waals surface area contributed by atoms with Gasteiger partial charge in [-0.15, -0.1) is 0 Å². The van der Waals surface area contributed by atoms with Crippen molar-refractivity contribution in [2.24, 2.45) is 10.8 Å². The second kappa shape index (κ2) is 7.42. The van der Waals surface area contributed by atoms with Crippen molar-refractivity contribution in [3.8, 4) is 0 Å². The van der Waals surface area contributed by atoms with Crippen LogP contribution < -0.4 is 5.73 Å². The number of aryl methyl sites for hydroxylation is 1. The van der Waals surface area contributed by atoms with E-state index in [4.69, 9.17) is 10.8 Å². The van der Waals surface area contributed by atoms with Crippen molar-refractivity contribution in [3.63, 3.8) is 0 Å². The summed E-state index contributed by atoms with van der Waals surface area (Å²) in [6, 6.07) is 14.7. The van der Waals surface area contributed by atoms with E-state index < -0.39 is 0 Å². The summed E-state index contributed by atoms with van der Waals surface area (Å²) in [5.74, 6) is 0.837. The van der Waals surface area contributed by atoms with Crippen LogP contribution in [-0.2, 0) is 6.42 Å². The Balaban J connectivity index is 1.44. The molecule has 26 heavy (non-hydrogen) atoms. The highest BCUT2D eigenvalue weighted by molar-refractivity contribution is 9.10. The molecule has 7 heteroatoms. The van der Waals surface area contributed by atoms with Crippen molar-refractivity contribution in [1.29, 1.82) is 0 Å². The summed E-state index contributed by atoms with van der Waals surface area (Å²) >= 11 is 5.26. The van der Waals surface area contributed by atoms with E-state index in [1.54, 1.807) is 11.8 Å². The summed E-state index contributed by atoms with van der Waals surface area (Å²) in [5, 5.41) is 16.3. The Hall–Kier alpha value is -1.83. The molecule has 3 aromatic rings. The predicted molar refractivity (Wildman–Crippen MR) is 112 cm³/mol. The lowest BCUT2D eigenvalue weighted by molar-refractivity contribution is 0.320. The summed E-state index contributed by atoms with van der Waals surface area (Å²) in [6.07, 6.45) is 0.839. The molecule has 2 heterocycles. The largest absolute Gasteiger partial charge is 0.326 e. The molecule has 0 fully saturated rings. The fraction of sp³-hybridized carbons (Fsp3) is 0.263. The first-order chi connectivity index (χ1) is 12.6. The van der Waals surface area contributed by atoms with Gasteiger partial charge in [-0.2, -0.15) is 10.2 Å². The molecule has 0 bridgehead atoms. The Morgan fingerprint density at radius 3 is 3.04 bits per heavy atom. The SMILES string of the molecule is Cc1n[nH]c2ccc(C3=NN(C[C@@H](N)Cc4cccc(Br)c4)CS3)cc12. The summed E-state index contributed by atoms with van der Waals surface area (Å²) in [5.41, 5.74) is 10.8. The van der Waals surface area contributed by atoms with Crippen LogP contribution in [0.5, 0.6) is 0 Å². The third-order valence-corrected chi connectivity index (χ3v) is 5.93. The molecule has 2 aromatic carbocycles. The molecule has 0 saturated heterocycles. The lowest BCUT2D eigenvalue weighted by atomic mass is 10.1. The van der Waals surface area contributed by atoms with E-state index in [0.717, 1.165) is 50.5 Å². The highest BCUT2D eigenvalue weighted by atomic mass is 79.9. The lowest BCUT2D eigenvalue weighted by Crippen LogP contribution is -2.35. The van der Waals surface area contributed by atoms with Gasteiger partial charge in [0.15, 0.2) is 0 Å². The molecule has 1 aromatic heterocycles. The number of H-pyrrole nitrogens is 1. The van der Waals surface area contributed by atoms with Crippen molar-refractivity contribution < 1.29 is 0 Å². The number of rotatable bonds is 5. The maximum absolute atomic E-state index is 6.35. The van der Waals surface area contributed by atoms with E-state index >= 15 is 0 Å². The van der Waals surface area contributed by atoms with Gasteiger partial charge in [0.1, 0.15) is 5.04 Å². The zero-order chi connectivity index (χ0) is 18.1. The minimum atomic E-state index is 0.0478. The molecular weight excluding hydrogens is 410 g/mol. The second-order valence-corrected chi connectivity index (χ2v) is 8.38. The third kappa shape index (κ3) is 3.79. The first-order valence-corrected chi connectivity index (χ1v) is 10.3. The molecule has 4 rings (SSSR count). The van der Waals surface area contributed by atoms with Crippen LogP contribution in [0.3, 0.4) is 0 Å². The Morgan fingerprint density at radius 2 is 2.19 bits per heavy atom. The smallest absolute Gasteiger partial charge is 0.125 e. The van der Waals surface area contributed by atoms with Crippen LogP contribution >= 0.6 is 27.7 Å². The number of benzene rings is 2. The summed E-state index contributed by atoms with van der Waals surface area (Å²) in [4.78, 5) is 0. The second-order valence-electron chi connectivity index (χ2n) is 6.53. The monoisotopic (exact) mass is 429 g/mol. The van der Waals surface area contributed by atoms with E-state index in [9.17, 15) is 0 Å². The van der Waals surface area contributed by atoms with Crippen LogP contribution in [0, 0.1) is 6.92 Å². The number of hydrogen-bond acceptors (Lipinski definition) is 5. The van der Waals surface area contributed by atoms with Crippen LogP contribution in [0.25, 0.3) is 10.9 Å². The highest BCUT2D eigenvalue weighted by Crippen LogP contribution is 2.26. The topological polar surface area (TPSA) is 70.3 Å². The highest BCUT2D eigenvalue weighted by Gasteiger charge is 2.19. The maximum Gasteiger partial charge on any atom is 0.125 e. The molecule has 1 aliphatic heterocycles. The zero-order valence-corrected chi connectivity index (χ0v) is 16.8. The minimum absolute atomic E-state index is 0.0478. The van der Waals surface area contributed by atoms with Gasteiger partial charge in [0.05, 0.1) is 23.6 Å². The van der Waals surface area contributed by atoms with Gasteiger partial charge >= 0.3 is 0 Å². The van der Waals surface area contributed by atoms with Gasteiger partial charge in [0, 0.05) is 21.5 Å². The maximum atomic E-state index is 6.35. The lowest BCUT2D eigenvalue weighted by Gasteiger charge is -2.18. The average molecular weight is 430 g/mol. The number of aromatic nitrogens is 2. The van der Waals surface area contributed by atoms with Crippen LogP contribution in [0.4, 0.5) is 0 Å². The summed E-state index contributed by atoms with van der Waals surface area (Å²) < 4.78 is 1.09. The first kappa shape index (κ1) is 17.6. The first-order valence-electron chi connectivity index (χ1n) is 8.50. The van der Waals surface area contributed by atoms with Gasteiger partial charge in [-0.05, 0) is 43.2 Å². The van der Waals surface area contributed by atoms with Gasteiger partial charge in [-0.25, -0.2) is 0 Å². The van der Waals surface area contributed by atoms with Crippen LogP contribution in [0.1, 0.15) is 16.8 Å². The standard InChI is InChI=1S/C19H20BrN5S/c1-12-17-9-14(5-6-18(17)23-22-12)19-24-25(11-26-19)10-16(21)8-13-3-2-4-15(20)7-13/h2-7,9,16H,8,10-11,21H2,1H3,(H,22,23)/t16-/m0/s1. The van der Waals surface area contributed by atoms with Crippen molar-refractivity contribution in [1.82, 2.24) is 15.2 Å². The number of halogens is 1. The van der Waals surface area contributed by atoms with E-state index in [-0.39, 0.29) is 6.04 Å². The number of aromatic amines is 1. The van der Waals surface area contributed by atoms with Gasteiger partial charge in [0.25, 0.3) is 0 Å². The van der Waals surface area contributed by atoms with E-state index in [1.165, 1.54) is 5.56 Å². The molecule has 3 N–H and O–H groups in total. The van der Waals surface area contributed by atoms with E-state index in [2.05, 4.69) is 61.5 Å². The minimum Gasteiger partial charge on any atom is -0.326 e. The summed E-state index contributed by atoms with van der Waals surface area (Å²) in [6.45, 7) is 2.76. The number of hydrogen-bond donors (Lipinski definition) is 2. The number of fused-ring (bicyclic) bond motifs is 1. The Bertz CT molecular complexity index is 967. The molecule has 134 valence electrons. The number of nitrogens with zero attached hydrogens (tertiary/aromatic N) is 3. The van der Waals surface area contributed by atoms with Gasteiger partial charge in [-0.3, -0.25) is 10.1 Å². The van der Waals surface area contributed by atoms with Crippen molar-refractivity contribution in [3.05, 3.63) is 63.8 Å². The molecule has 5 nitrogen and oxygen atoms in total. The number of thioether (sulfide) groups is 1. The van der Waals surface area contributed by atoms with Crippen LogP contribution in [-0.4, -0.2) is 38.7 Å². The molecule has 0 unspecified atom stereocenters. The van der Waals surface area contributed by atoms with Crippen LogP contribution in [0.2, 0.25) is 0 Å². The average Bonchev–Trinajstić information content (AvgIpc) is 3.22. The molecule has 0 saturated carbocycles. The number of hydrazone groups is 1. The molecule has 1 aliphatic rings. The fourth-order valence-electron chi connectivity index (χ4n) is 3.14. The Morgan fingerprint density at radius 1 is 1.31 bits per heavy atom. The normalized spacial score (nSPS) is 15.5. The molecule has 0 radical (unpaired) electrons. The molecule has 0 aliphatic carbocycles. The number of nitrogens with one attached hydrogen (secondary N) is 1. The quantitative estimate of drug-likeness (QED) is 0.645. The summed E-state index contributed by atoms with van der Waals surface area (Å²) in [7, 11) is 0. The fourth-order valence-corrected chi connectivity index (χ4v) is 4.48. The Labute approximate surface area is 165 Å². The van der Waals surface area contributed by atoms with Crippen molar-refractivity contribution >= 4 is 43.6 Å². The molecule has 0 amide bonds. The third-order valence-electron chi connectivity index (χ3n) is 4.42. The van der Waals surface area contributed by atoms with Crippen molar-refractivity contribution in [2.75, 3.05) is 12.4 Å². The van der Waals surface area contributed by atoms with Gasteiger partial charge in [-0.1, -0.05) is 45.9 Å². The molecule has 1 atom stereocenters. The van der Waals surface area contributed by atoms with Gasteiger partial charge < -0.3 is 5.73 Å². The van der Waals surface area contributed by atoms with Crippen LogP contribution in [0.15, 0.2) is 52.0 Å². The predicted octanol–water partition coefficient (Wildman–Crippen LogP) is 3.87. The molecular formula is C19H20BrN5S. The van der Waals surface area contributed by atoms with E-state index in [0.29, 0.717) is 0 Å². The number of nitrogens with two attached hydrogens (primary N) is 1. The molecule has 0 spiro atoms. The Kier molecular flexibility index (Phi) is 5.02. The van der Waals surface area contributed by atoms with E-state index in [1.807, 2.05) is 19.1 Å². The van der Waals surface area contributed by atoms with Gasteiger partial charge in [0.2, 0.25) is 0 Å². The van der Waals surface area contributed by atoms with Crippen molar-refractivity contribution in [2.45, 2.75) is 19.4 Å². The zero-order valence-electron chi connectivity index (χ0n) is 14.4.